The van der Waals surface area contributed by atoms with Gasteiger partial charge in [0.2, 0.25) is 5.91 Å². The molecule has 6 heteroatoms. The van der Waals surface area contributed by atoms with Gasteiger partial charge in [0.15, 0.2) is 5.82 Å². The lowest BCUT2D eigenvalue weighted by Gasteiger charge is -2.14. The first-order valence-corrected chi connectivity index (χ1v) is 10.0. The maximum Gasteiger partial charge on any atom is 0.249 e. The largest absolute Gasteiger partial charge is 0.366 e. The molecule has 4 rings (SSSR count). The third-order valence-corrected chi connectivity index (χ3v) is 5.59. The zero-order valence-electron chi connectivity index (χ0n) is 15.9. The highest BCUT2D eigenvalue weighted by atomic mass is 32.1. The minimum atomic E-state index is -0.442. The lowest BCUT2D eigenvalue weighted by atomic mass is 10.0. The monoisotopic (exact) mass is 400 g/mol. The second-order valence-electron chi connectivity index (χ2n) is 6.68. The molecule has 3 N–H and O–H groups in total. The molecule has 2 aromatic heterocycles. The molecule has 5 nitrogen and oxygen atoms in total. The van der Waals surface area contributed by atoms with E-state index < -0.39 is 5.91 Å². The Kier molecular flexibility index (Phi) is 5.35. The van der Waals surface area contributed by atoms with Crippen LogP contribution in [0.2, 0.25) is 0 Å². The highest BCUT2D eigenvalue weighted by Gasteiger charge is 2.15. The molecule has 0 aliphatic rings. The second kappa shape index (κ2) is 8.24. The molecule has 1 amide bonds. The van der Waals surface area contributed by atoms with E-state index in [1.807, 2.05) is 54.6 Å². The van der Waals surface area contributed by atoms with E-state index in [-0.39, 0.29) is 0 Å². The molecule has 0 saturated heterocycles. The van der Waals surface area contributed by atoms with Crippen LogP contribution in [0.3, 0.4) is 0 Å². The predicted octanol–water partition coefficient (Wildman–Crippen LogP) is 4.95. The molecule has 0 bridgehead atoms. The molecule has 0 radical (unpaired) electrons. The van der Waals surface area contributed by atoms with Gasteiger partial charge in [0, 0.05) is 33.0 Å². The number of benzene rings is 2. The van der Waals surface area contributed by atoms with Crippen LogP contribution in [-0.2, 0) is 6.42 Å². The summed E-state index contributed by atoms with van der Waals surface area (Å²) in [5.74, 6) is 0.164. The highest BCUT2D eigenvalue weighted by molar-refractivity contribution is 7.11. The molecule has 0 aliphatic carbocycles. The Labute approximate surface area is 173 Å². The van der Waals surface area contributed by atoms with Gasteiger partial charge >= 0.3 is 0 Å². The molecule has 0 spiro atoms. The van der Waals surface area contributed by atoms with Crippen LogP contribution in [0.25, 0.3) is 11.3 Å². The number of amides is 1. The average Bonchev–Trinajstić information content (AvgIpc) is 3.15. The van der Waals surface area contributed by atoms with Crippen molar-refractivity contribution in [1.29, 1.82) is 0 Å². The number of thiophene rings is 1. The molecule has 0 saturated carbocycles. The van der Waals surface area contributed by atoms with E-state index in [2.05, 4.69) is 34.6 Å². The fourth-order valence-corrected chi connectivity index (χ4v) is 4.08. The topological polar surface area (TPSA) is 80.9 Å². The van der Waals surface area contributed by atoms with Crippen LogP contribution in [-0.4, -0.2) is 16.1 Å². The summed E-state index contributed by atoms with van der Waals surface area (Å²) in [6, 6.07) is 23.4. The molecule has 0 aliphatic heterocycles. The van der Waals surface area contributed by atoms with Crippen LogP contribution in [0.4, 0.5) is 11.5 Å². The number of nitrogens with one attached hydrogen (secondary N) is 1. The number of primary amides is 1. The van der Waals surface area contributed by atoms with Crippen LogP contribution in [0, 0.1) is 6.92 Å². The van der Waals surface area contributed by atoms with Crippen molar-refractivity contribution in [2.45, 2.75) is 13.3 Å². The molecule has 2 heterocycles. The first kappa shape index (κ1) is 18.8. The van der Waals surface area contributed by atoms with Crippen molar-refractivity contribution in [3.63, 3.8) is 0 Å². The van der Waals surface area contributed by atoms with Crippen LogP contribution < -0.4 is 11.1 Å². The Morgan fingerprint density at radius 3 is 2.45 bits per heavy atom. The minimum Gasteiger partial charge on any atom is -0.366 e. The van der Waals surface area contributed by atoms with Gasteiger partial charge in [-0.15, -0.1) is 21.5 Å². The third kappa shape index (κ3) is 4.33. The van der Waals surface area contributed by atoms with Gasteiger partial charge in [0.1, 0.15) is 0 Å². The number of anilines is 2. The van der Waals surface area contributed by atoms with E-state index in [1.165, 1.54) is 9.75 Å². The zero-order valence-corrected chi connectivity index (χ0v) is 16.7. The number of hydrogen-bond donors (Lipinski definition) is 2. The van der Waals surface area contributed by atoms with Crippen LogP contribution >= 0.6 is 11.3 Å². The number of carbonyl (C=O) groups is 1. The molecular formula is C23H20N4OS. The van der Waals surface area contributed by atoms with Crippen molar-refractivity contribution < 1.29 is 4.79 Å². The SMILES string of the molecule is Cc1ccc(Cc2c(Nc3ccc(-c4ccccc4)nn3)cccc2C(N)=O)s1. The normalized spacial score (nSPS) is 10.7. The summed E-state index contributed by atoms with van der Waals surface area (Å²) in [4.78, 5) is 14.4. The Hall–Kier alpha value is -3.51. The summed E-state index contributed by atoms with van der Waals surface area (Å²) in [6.45, 7) is 2.07. The molecular weight excluding hydrogens is 380 g/mol. The standard InChI is InChI=1S/C23H20N4OS/c1-15-10-11-17(29-15)14-19-18(23(24)28)8-5-9-21(19)25-22-13-12-20(26-27-22)16-6-3-2-4-7-16/h2-13H,14H2,1H3,(H2,24,28)(H,25,27). The molecule has 4 aromatic rings. The Bertz CT molecular complexity index is 1140. The predicted molar refractivity (Wildman–Crippen MR) is 118 cm³/mol. The Balaban J connectivity index is 1.64. The molecule has 144 valence electrons. The number of hydrogen-bond acceptors (Lipinski definition) is 5. The smallest absolute Gasteiger partial charge is 0.249 e. The average molecular weight is 401 g/mol. The van der Waals surface area contributed by atoms with Crippen molar-refractivity contribution in [1.82, 2.24) is 10.2 Å². The van der Waals surface area contributed by atoms with Crippen molar-refractivity contribution in [3.8, 4) is 11.3 Å². The molecule has 0 atom stereocenters. The van der Waals surface area contributed by atoms with E-state index in [9.17, 15) is 4.79 Å². The fraction of sp³-hybridized carbons (Fsp3) is 0.0870. The molecule has 0 unspecified atom stereocenters. The van der Waals surface area contributed by atoms with Gasteiger partial charge in [0.05, 0.1) is 5.69 Å². The van der Waals surface area contributed by atoms with Gasteiger partial charge in [-0.1, -0.05) is 36.4 Å². The Morgan fingerprint density at radius 2 is 1.79 bits per heavy atom. The van der Waals surface area contributed by atoms with Crippen molar-refractivity contribution in [2.24, 2.45) is 5.73 Å². The summed E-state index contributed by atoms with van der Waals surface area (Å²) < 4.78 is 0. The summed E-state index contributed by atoms with van der Waals surface area (Å²) in [6.07, 6.45) is 0.621. The van der Waals surface area contributed by atoms with Crippen molar-refractivity contribution in [2.75, 3.05) is 5.32 Å². The lowest BCUT2D eigenvalue weighted by molar-refractivity contribution is 0.0999. The zero-order chi connectivity index (χ0) is 20.2. The second-order valence-corrected chi connectivity index (χ2v) is 8.05. The number of rotatable bonds is 6. The van der Waals surface area contributed by atoms with Gasteiger partial charge in [-0.2, -0.15) is 0 Å². The van der Waals surface area contributed by atoms with E-state index in [1.54, 1.807) is 17.4 Å². The maximum absolute atomic E-state index is 12.0. The summed E-state index contributed by atoms with van der Waals surface area (Å²) in [5, 5.41) is 11.9. The summed E-state index contributed by atoms with van der Waals surface area (Å²) in [7, 11) is 0. The van der Waals surface area contributed by atoms with Gasteiger partial charge < -0.3 is 11.1 Å². The van der Waals surface area contributed by atoms with Crippen LogP contribution in [0.5, 0.6) is 0 Å². The Morgan fingerprint density at radius 1 is 0.966 bits per heavy atom. The van der Waals surface area contributed by atoms with E-state index >= 15 is 0 Å². The van der Waals surface area contributed by atoms with E-state index in [4.69, 9.17) is 5.73 Å². The van der Waals surface area contributed by atoms with E-state index in [0.717, 1.165) is 22.5 Å². The quantitative estimate of drug-likeness (QED) is 0.480. The summed E-state index contributed by atoms with van der Waals surface area (Å²) >= 11 is 1.71. The fourth-order valence-electron chi connectivity index (χ4n) is 3.18. The highest BCUT2D eigenvalue weighted by Crippen LogP contribution is 2.28. The van der Waals surface area contributed by atoms with Gasteiger partial charge in [-0.05, 0) is 48.9 Å². The number of nitrogens with two attached hydrogens (primary N) is 1. The number of carbonyl (C=O) groups excluding carboxylic acids is 1. The van der Waals surface area contributed by atoms with Gasteiger partial charge in [-0.3, -0.25) is 4.79 Å². The first-order chi connectivity index (χ1) is 14.1. The lowest BCUT2D eigenvalue weighted by Crippen LogP contribution is -2.15. The van der Waals surface area contributed by atoms with Gasteiger partial charge in [0.25, 0.3) is 0 Å². The minimum absolute atomic E-state index is 0.442. The summed E-state index contributed by atoms with van der Waals surface area (Å²) in [5.41, 5.74) is 9.61. The van der Waals surface area contributed by atoms with Crippen LogP contribution in [0.15, 0.2) is 72.8 Å². The van der Waals surface area contributed by atoms with Gasteiger partial charge in [-0.25, -0.2) is 0 Å². The van der Waals surface area contributed by atoms with Crippen LogP contribution in [0.1, 0.15) is 25.7 Å². The number of aromatic nitrogens is 2. The third-order valence-electron chi connectivity index (χ3n) is 4.59. The molecule has 0 fully saturated rings. The maximum atomic E-state index is 12.0. The van der Waals surface area contributed by atoms with Crippen molar-refractivity contribution in [3.05, 3.63) is 93.7 Å². The van der Waals surface area contributed by atoms with Crippen molar-refractivity contribution >= 4 is 28.7 Å². The number of aryl methyl sites for hydroxylation is 1. The first-order valence-electron chi connectivity index (χ1n) is 9.23. The molecule has 29 heavy (non-hydrogen) atoms. The molecule has 2 aromatic carbocycles. The van der Waals surface area contributed by atoms with E-state index in [0.29, 0.717) is 17.8 Å². The number of nitrogens with zero attached hydrogens (tertiary/aromatic N) is 2.